The van der Waals surface area contributed by atoms with Crippen LogP contribution in [0.2, 0.25) is 0 Å². The first-order valence-corrected chi connectivity index (χ1v) is 11.4. The maximum Gasteiger partial charge on any atom is 0.416 e. The van der Waals surface area contributed by atoms with Crippen molar-refractivity contribution in [2.75, 3.05) is 31.1 Å². The summed E-state index contributed by atoms with van der Waals surface area (Å²) in [5.74, 6) is 0.766. The lowest BCUT2D eigenvalue weighted by atomic mass is 10.2. The van der Waals surface area contributed by atoms with Gasteiger partial charge in [-0.3, -0.25) is 4.79 Å². The lowest BCUT2D eigenvalue weighted by Gasteiger charge is -2.34. The van der Waals surface area contributed by atoms with Crippen LogP contribution in [0.25, 0.3) is 16.4 Å². The van der Waals surface area contributed by atoms with Crippen LogP contribution in [-0.4, -0.2) is 56.7 Å². The largest absolute Gasteiger partial charge is 0.416 e. The van der Waals surface area contributed by atoms with Crippen LogP contribution in [0.5, 0.6) is 0 Å². The molecule has 0 radical (unpaired) electrons. The number of anilines is 1. The fourth-order valence-electron chi connectivity index (χ4n) is 3.78. The SMILES string of the molecule is O=C(c1nc(-c2cccs2)n(-c2cccc(C(F)(F)F)c2)n1)N1CCN(c2ccccn2)CC1. The first kappa shape index (κ1) is 22.1. The average Bonchev–Trinajstić information content (AvgIpc) is 3.54. The van der Waals surface area contributed by atoms with Gasteiger partial charge < -0.3 is 9.80 Å². The van der Waals surface area contributed by atoms with Crippen molar-refractivity contribution >= 4 is 23.1 Å². The number of benzene rings is 1. The summed E-state index contributed by atoms with van der Waals surface area (Å²) in [5.41, 5.74) is -0.610. The highest BCUT2D eigenvalue weighted by atomic mass is 32.1. The summed E-state index contributed by atoms with van der Waals surface area (Å²) >= 11 is 1.37. The third-order valence-electron chi connectivity index (χ3n) is 5.50. The van der Waals surface area contributed by atoms with Gasteiger partial charge in [0.1, 0.15) is 5.82 Å². The molecule has 1 amide bonds. The van der Waals surface area contributed by atoms with Crippen molar-refractivity contribution in [1.29, 1.82) is 0 Å². The van der Waals surface area contributed by atoms with Crippen LogP contribution < -0.4 is 4.90 Å². The van der Waals surface area contributed by atoms with Gasteiger partial charge in [0.2, 0.25) is 5.82 Å². The number of carbonyl (C=O) groups is 1. The minimum atomic E-state index is -4.49. The van der Waals surface area contributed by atoms with E-state index in [9.17, 15) is 18.0 Å². The highest BCUT2D eigenvalue weighted by molar-refractivity contribution is 7.13. The zero-order valence-corrected chi connectivity index (χ0v) is 18.6. The Hall–Kier alpha value is -3.73. The number of alkyl halides is 3. The number of thiophene rings is 1. The number of hydrogen-bond donors (Lipinski definition) is 0. The Morgan fingerprint density at radius 3 is 2.47 bits per heavy atom. The summed E-state index contributed by atoms with van der Waals surface area (Å²) < 4.78 is 41.1. The molecule has 0 spiro atoms. The number of aromatic nitrogens is 4. The van der Waals surface area contributed by atoms with Gasteiger partial charge >= 0.3 is 6.18 Å². The van der Waals surface area contributed by atoms with Gasteiger partial charge in [0.15, 0.2) is 5.82 Å². The molecular weight excluding hydrogens is 465 g/mol. The molecule has 1 saturated heterocycles. The van der Waals surface area contributed by atoms with Crippen LogP contribution >= 0.6 is 11.3 Å². The number of carbonyl (C=O) groups excluding carboxylic acids is 1. The molecule has 0 aliphatic carbocycles. The lowest BCUT2D eigenvalue weighted by molar-refractivity contribution is -0.137. The van der Waals surface area contributed by atoms with Crippen molar-refractivity contribution in [3.63, 3.8) is 0 Å². The zero-order valence-electron chi connectivity index (χ0n) is 17.8. The minimum absolute atomic E-state index is 0.0490. The number of hydrogen-bond acceptors (Lipinski definition) is 6. The third kappa shape index (κ3) is 4.38. The van der Waals surface area contributed by atoms with Gasteiger partial charge in [-0.05, 0) is 41.8 Å². The van der Waals surface area contributed by atoms with Crippen molar-refractivity contribution < 1.29 is 18.0 Å². The second kappa shape index (κ2) is 8.90. The molecule has 174 valence electrons. The summed E-state index contributed by atoms with van der Waals surface area (Å²) in [6, 6.07) is 14.1. The Kier molecular flexibility index (Phi) is 5.78. The van der Waals surface area contributed by atoms with Crippen molar-refractivity contribution in [3.05, 3.63) is 77.6 Å². The van der Waals surface area contributed by atoms with Crippen molar-refractivity contribution in [2.24, 2.45) is 0 Å². The van der Waals surface area contributed by atoms with E-state index in [-0.39, 0.29) is 17.4 Å². The number of pyridine rings is 1. The first-order valence-electron chi connectivity index (χ1n) is 10.5. The number of amides is 1. The fourth-order valence-corrected chi connectivity index (χ4v) is 4.48. The summed E-state index contributed by atoms with van der Waals surface area (Å²) in [7, 11) is 0. The first-order chi connectivity index (χ1) is 16.4. The summed E-state index contributed by atoms with van der Waals surface area (Å²) in [4.78, 5) is 26.4. The summed E-state index contributed by atoms with van der Waals surface area (Å²) in [6.45, 7) is 2.13. The van der Waals surface area contributed by atoms with E-state index in [1.165, 1.54) is 28.2 Å². The van der Waals surface area contributed by atoms with E-state index in [0.29, 0.717) is 36.9 Å². The highest BCUT2D eigenvalue weighted by Gasteiger charge is 2.32. The molecule has 4 aromatic rings. The smallest absolute Gasteiger partial charge is 0.353 e. The van der Waals surface area contributed by atoms with Gasteiger partial charge in [-0.25, -0.2) is 14.6 Å². The number of nitrogens with zero attached hydrogens (tertiary/aromatic N) is 6. The minimum Gasteiger partial charge on any atom is -0.353 e. The lowest BCUT2D eigenvalue weighted by Crippen LogP contribution is -2.49. The van der Waals surface area contributed by atoms with Gasteiger partial charge in [0.05, 0.1) is 16.1 Å². The molecule has 3 aromatic heterocycles. The maximum atomic E-state index is 13.3. The van der Waals surface area contributed by atoms with Crippen molar-refractivity contribution in [2.45, 2.75) is 6.18 Å². The summed E-state index contributed by atoms with van der Waals surface area (Å²) in [6.07, 6.45) is -2.77. The zero-order chi connectivity index (χ0) is 23.7. The molecule has 11 heteroatoms. The second-order valence-corrected chi connectivity index (χ2v) is 8.61. The highest BCUT2D eigenvalue weighted by Crippen LogP contribution is 2.32. The molecule has 1 aliphatic rings. The van der Waals surface area contributed by atoms with E-state index in [1.54, 1.807) is 17.2 Å². The van der Waals surface area contributed by atoms with E-state index in [1.807, 2.05) is 29.6 Å². The van der Waals surface area contributed by atoms with E-state index >= 15 is 0 Å². The molecular formula is C23H19F3N6OS. The molecule has 0 unspecified atom stereocenters. The molecule has 0 bridgehead atoms. The van der Waals surface area contributed by atoms with E-state index in [4.69, 9.17) is 0 Å². The van der Waals surface area contributed by atoms with E-state index in [2.05, 4.69) is 20.0 Å². The fraction of sp³-hybridized carbons (Fsp3) is 0.217. The van der Waals surface area contributed by atoms with Gasteiger partial charge in [-0.15, -0.1) is 16.4 Å². The molecule has 34 heavy (non-hydrogen) atoms. The van der Waals surface area contributed by atoms with Crippen LogP contribution in [0, 0.1) is 0 Å². The van der Waals surface area contributed by atoms with Crippen LogP contribution in [0.15, 0.2) is 66.2 Å². The quantitative estimate of drug-likeness (QED) is 0.430. The molecule has 5 rings (SSSR count). The van der Waals surface area contributed by atoms with Crippen molar-refractivity contribution in [1.82, 2.24) is 24.6 Å². The molecule has 1 fully saturated rings. The molecule has 0 atom stereocenters. The summed E-state index contributed by atoms with van der Waals surface area (Å²) in [5, 5.41) is 6.17. The standard InChI is InChI=1S/C23H19F3N6OS/c24-23(25,26)16-5-3-6-17(15-16)32-21(18-7-4-14-34-18)28-20(29-32)22(33)31-12-10-30(11-13-31)19-8-1-2-9-27-19/h1-9,14-15H,10-13H2. The Balaban J connectivity index is 1.43. The molecule has 4 heterocycles. The topological polar surface area (TPSA) is 67.2 Å². The molecule has 1 aromatic carbocycles. The maximum absolute atomic E-state index is 13.3. The van der Waals surface area contributed by atoms with Gasteiger partial charge in [-0.2, -0.15) is 13.2 Å². The Morgan fingerprint density at radius 2 is 1.79 bits per heavy atom. The molecule has 0 saturated carbocycles. The molecule has 1 aliphatic heterocycles. The Labute approximate surface area is 197 Å². The van der Waals surface area contributed by atoms with Gasteiger partial charge in [0, 0.05) is 32.4 Å². The van der Waals surface area contributed by atoms with Crippen LogP contribution in [0.3, 0.4) is 0 Å². The van der Waals surface area contributed by atoms with Crippen LogP contribution in [0.1, 0.15) is 16.2 Å². The van der Waals surface area contributed by atoms with Crippen LogP contribution in [-0.2, 0) is 6.18 Å². The number of halogens is 3. The number of piperazine rings is 1. The number of rotatable bonds is 4. The van der Waals surface area contributed by atoms with Crippen LogP contribution in [0.4, 0.5) is 19.0 Å². The monoisotopic (exact) mass is 484 g/mol. The second-order valence-electron chi connectivity index (χ2n) is 7.66. The van der Waals surface area contributed by atoms with Gasteiger partial charge in [0.25, 0.3) is 5.91 Å². The van der Waals surface area contributed by atoms with Gasteiger partial charge in [-0.1, -0.05) is 18.2 Å². The Morgan fingerprint density at radius 1 is 0.971 bits per heavy atom. The normalized spacial score (nSPS) is 14.4. The Bertz CT molecular complexity index is 1280. The van der Waals surface area contributed by atoms with E-state index in [0.717, 1.165) is 18.0 Å². The predicted octanol–water partition coefficient (Wildman–Crippen LogP) is 4.37. The van der Waals surface area contributed by atoms with Crippen molar-refractivity contribution in [3.8, 4) is 16.4 Å². The predicted molar refractivity (Wildman–Crippen MR) is 122 cm³/mol. The molecule has 7 nitrogen and oxygen atoms in total. The third-order valence-corrected chi connectivity index (χ3v) is 6.36. The molecule has 0 N–H and O–H groups in total. The average molecular weight is 485 g/mol. The van der Waals surface area contributed by atoms with E-state index < -0.39 is 11.7 Å².